The van der Waals surface area contributed by atoms with Gasteiger partial charge in [-0.2, -0.15) is 0 Å². The molecule has 0 amide bonds. The van der Waals surface area contributed by atoms with Crippen molar-refractivity contribution in [3.05, 3.63) is 30.1 Å². The Bertz CT molecular complexity index is 346. The zero-order valence-electron chi connectivity index (χ0n) is 10.5. The van der Waals surface area contributed by atoms with Crippen molar-refractivity contribution in [1.29, 1.82) is 0 Å². The van der Waals surface area contributed by atoms with Gasteiger partial charge in [0.1, 0.15) is 5.82 Å². The van der Waals surface area contributed by atoms with E-state index >= 15 is 0 Å². The van der Waals surface area contributed by atoms with Crippen LogP contribution in [0.25, 0.3) is 0 Å². The standard InChI is InChI=1S/C14H21FN2/c1-2-3-7-16-8-10-17(11-9-16)14-6-4-5-13(15)12-14/h4-6,12H,2-3,7-11H2,1H3. The van der Waals surface area contributed by atoms with Crippen molar-refractivity contribution < 1.29 is 4.39 Å². The van der Waals surface area contributed by atoms with Gasteiger partial charge in [-0.15, -0.1) is 0 Å². The zero-order chi connectivity index (χ0) is 12.1. The summed E-state index contributed by atoms with van der Waals surface area (Å²) in [6, 6.07) is 6.90. The topological polar surface area (TPSA) is 6.48 Å². The number of anilines is 1. The molecular formula is C14H21FN2. The molecule has 0 spiro atoms. The van der Waals surface area contributed by atoms with Gasteiger partial charge < -0.3 is 4.90 Å². The molecule has 1 aliphatic rings. The fraction of sp³-hybridized carbons (Fsp3) is 0.571. The summed E-state index contributed by atoms with van der Waals surface area (Å²) in [6.45, 7) is 7.63. The van der Waals surface area contributed by atoms with Crippen LogP contribution >= 0.6 is 0 Å². The first-order valence-electron chi connectivity index (χ1n) is 6.52. The van der Waals surface area contributed by atoms with Crippen LogP contribution < -0.4 is 4.90 Å². The Morgan fingerprint density at radius 2 is 1.94 bits per heavy atom. The van der Waals surface area contributed by atoms with Crippen LogP contribution in [0.15, 0.2) is 24.3 Å². The van der Waals surface area contributed by atoms with E-state index in [1.54, 1.807) is 12.1 Å². The van der Waals surface area contributed by atoms with Crippen LogP contribution in [0.5, 0.6) is 0 Å². The maximum atomic E-state index is 13.1. The van der Waals surface area contributed by atoms with E-state index in [0.717, 1.165) is 31.9 Å². The number of unbranched alkanes of at least 4 members (excludes halogenated alkanes) is 1. The first-order valence-corrected chi connectivity index (χ1v) is 6.52. The van der Waals surface area contributed by atoms with E-state index in [2.05, 4.69) is 16.7 Å². The molecule has 1 aromatic rings. The second-order valence-electron chi connectivity index (χ2n) is 4.66. The molecule has 94 valence electrons. The Balaban J connectivity index is 1.86. The van der Waals surface area contributed by atoms with Gasteiger partial charge in [0.25, 0.3) is 0 Å². The molecular weight excluding hydrogens is 215 g/mol. The highest BCUT2D eigenvalue weighted by molar-refractivity contribution is 5.46. The summed E-state index contributed by atoms with van der Waals surface area (Å²) in [5.74, 6) is -0.143. The molecule has 0 saturated carbocycles. The fourth-order valence-electron chi connectivity index (χ4n) is 2.28. The van der Waals surface area contributed by atoms with E-state index in [9.17, 15) is 4.39 Å². The van der Waals surface area contributed by atoms with E-state index in [1.807, 2.05) is 6.07 Å². The van der Waals surface area contributed by atoms with E-state index in [1.165, 1.54) is 25.5 Å². The number of nitrogens with zero attached hydrogens (tertiary/aromatic N) is 2. The van der Waals surface area contributed by atoms with Crippen molar-refractivity contribution in [2.45, 2.75) is 19.8 Å². The predicted octanol–water partition coefficient (Wildman–Crippen LogP) is 2.75. The van der Waals surface area contributed by atoms with Gasteiger partial charge in [-0.05, 0) is 31.2 Å². The normalized spacial score (nSPS) is 17.4. The molecule has 17 heavy (non-hydrogen) atoms. The van der Waals surface area contributed by atoms with Gasteiger partial charge in [0, 0.05) is 31.9 Å². The van der Waals surface area contributed by atoms with Crippen molar-refractivity contribution >= 4 is 5.69 Å². The molecule has 1 saturated heterocycles. The smallest absolute Gasteiger partial charge is 0.125 e. The zero-order valence-corrected chi connectivity index (χ0v) is 10.5. The quantitative estimate of drug-likeness (QED) is 0.793. The Hall–Kier alpha value is -1.09. The predicted molar refractivity (Wildman–Crippen MR) is 70.0 cm³/mol. The van der Waals surface area contributed by atoms with Crippen molar-refractivity contribution in [3.63, 3.8) is 0 Å². The minimum atomic E-state index is -0.143. The molecule has 0 bridgehead atoms. The second kappa shape index (κ2) is 6.01. The molecule has 0 atom stereocenters. The van der Waals surface area contributed by atoms with Crippen LogP contribution in [-0.4, -0.2) is 37.6 Å². The first kappa shape index (κ1) is 12.4. The molecule has 1 aromatic carbocycles. The van der Waals surface area contributed by atoms with Crippen LogP contribution in [0, 0.1) is 5.82 Å². The van der Waals surface area contributed by atoms with Crippen LogP contribution in [0.2, 0.25) is 0 Å². The van der Waals surface area contributed by atoms with Crippen molar-refractivity contribution in [1.82, 2.24) is 4.90 Å². The Labute approximate surface area is 103 Å². The average molecular weight is 236 g/mol. The molecule has 1 aliphatic heterocycles. The lowest BCUT2D eigenvalue weighted by Crippen LogP contribution is -2.46. The lowest BCUT2D eigenvalue weighted by Gasteiger charge is -2.36. The summed E-state index contributed by atoms with van der Waals surface area (Å²) >= 11 is 0. The molecule has 3 heteroatoms. The summed E-state index contributed by atoms with van der Waals surface area (Å²) in [4.78, 5) is 4.77. The SMILES string of the molecule is CCCCN1CCN(c2cccc(F)c2)CC1. The van der Waals surface area contributed by atoms with Crippen LogP contribution in [0.3, 0.4) is 0 Å². The van der Waals surface area contributed by atoms with Gasteiger partial charge >= 0.3 is 0 Å². The Kier molecular flexibility index (Phi) is 4.37. The summed E-state index contributed by atoms with van der Waals surface area (Å²) in [5, 5.41) is 0. The lowest BCUT2D eigenvalue weighted by atomic mass is 10.2. The third-order valence-corrected chi connectivity index (χ3v) is 3.37. The van der Waals surface area contributed by atoms with Gasteiger partial charge in [-0.25, -0.2) is 4.39 Å². The Morgan fingerprint density at radius 1 is 1.18 bits per heavy atom. The number of hydrogen-bond acceptors (Lipinski definition) is 2. The average Bonchev–Trinajstić information content (AvgIpc) is 2.37. The van der Waals surface area contributed by atoms with E-state index in [0.29, 0.717) is 0 Å². The molecule has 0 unspecified atom stereocenters. The monoisotopic (exact) mass is 236 g/mol. The minimum absolute atomic E-state index is 0.143. The molecule has 1 heterocycles. The van der Waals surface area contributed by atoms with Crippen molar-refractivity contribution in [3.8, 4) is 0 Å². The van der Waals surface area contributed by atoms with E-state index < -0.39 is 0 Å². The first-order chi connectivity index (χ1) is 8.29. The summed E-state index contributed by atoms with van der Waals surface area (Å²) < 4.78 is 13.1. The third-order valence-electron chi connectivity index (χ3n) is 3.37. The van der Waals surface area contributed by atoms with Crippen LogP contribution in [0.4, 0.5) is 10.1 Å². The summed E-state index contributed by atoms with van der Waals surface area (Å²) in [7, 11) is 0. The van der Waals surface area contributed by atoms with Crippen molar-refractivity contribution in [2.75, 3.05) is 37.6 Å². The fourth-order valence-corrected chi connectivity index (χ4v) is 2.28. The minimum Gasteiger partial charge on any atom is -0.369 e. The number of benzene rings is 1. The number of rotatable bonds is 4. The largest absolute Gasteiger partial charge is 0.369 e. The van der Waals surface area contributed by atoms with Gasteiger partial charge in [0.15, 0.2) is 0 Å². The maximum Gasteiger partial charge on any atom is 0.125 e. The molecule has 0 aromatic heterocycles. The van der Waals surface area contributed by atoms with Gasteiger partial charge in [-0.3, -0.25) is 4.90 Å². The second-order valence-corrected chi connectivity index (χ2v) is 4.66. The highest BCUT2D eigenvalue weighted by atomic mass is 19.1. The number of piperazine rings is 1. The molecule has 0 N–H and O–H groups in total. The van der Waals surface area contributed by atoms with Gasteiger partial charge in [0.2, 0.25) is 0 Å². The third kappa shape index (κ3) is 3.43. The summed E-state index contributed by atoms with van der Waals surface area (Å²) in [6.07, 6.45) is 2.53. The molecule has 2 nitrogen and oxygen atoms in total. The lowest BCUT2D eigenvalue weighted by molar-refractivity contribution is 0.254. The van der Waals surface area contributed by atoms with Gasteiger partial charge in [0.05, 0.1) is 0 Å². The van der Waals surface area contributed by atoms with Crippen molar-refractivity contribution in [2.24, 2.45) is 0 Å². The molecule has 0 aliphatic carbocycles. The molecule has 0 radical (unpaired) electrons. The highest BCUT2D eigenvalue weighted by Crippen LogP contribution is 2.17. The van der Waals surface area contributed by atoms with Crippen LogP contribution in [0.1, 0.15) is 19.8 Å². The number of hydrogen-bond donors (Lipinski definition) is 0. The number of halogens is 1. The summed E-state index contributed by atoms with van der Waals surface area (Å²) in [5.41, 5.74) is 1.01. The Morgan fingerprint density at radius 3 is 2.59 bits per heavy atom. The van der Waals surface area contributed by atoms with Crippen LogP contribution in [-0.2, 0) is 0 Å². The van der Waals surface area contributed by atoms with E-state index in [4.69, 9.17) is 0 Å². The van der Waals surface area contributed by atoms with Gasteiger partial charge in [-0.1, -0.05) is 19.4 Å². The maximum absolute atomic E-state index is 13.1. The van der Waals surface area contributed by atoms with E-state index in [-0.39, 0.29) is 5.82 Å². The molecule has 1 fully saturated rings. The highest BCUT2D eigenvalue weighted by Gasteiger charge is 2.16. The molecule has 2 rings (SSSR count).